The lowest BCUT2D eigenvalue weighted by Crippen LogP contribution is -2.35. The van der Waals surface area contributed by atoms with Gasteiger partial charge in [0.1, 0.15) is 0 Å². The maximum absolute atomic E-state index is 10.6. The summed E-state index contributed by atoms with van der Waals surface area (Å²) in [5.74, 6) is 0. The van der Waals surface area contributed by atoms with E-state index in [0.29, 0.717) is 10.6 Å². The molecule has 4 heteroatoms. The fraction of sp³-hybridized carbons (Fsp3) is 0.417. The zero-order chi connectivity index (χ0) is 11.5. The van der Waals surface area contributed by atoms with Gasteiger partial charge in [-0.3, -0.25) is 4.79 Å². The molecule has 1 aliphatic rings. The van der Waals surface area contributed by atoms with Crippen molar-refractivity contribution in [2.24, 2.45) is 0 Å². The van der Waals surface area contributed by atoms with Gasteiger partial charge in [0.25, 0.3) is 0 Å². The minimum Gasteiger partial charge on any atom is -0.393 e. The largest absolute Gasteiger partial charge is 0.393 e. The highest BCUT2D eigenvalue weighted by Crippen LogP contribution is 2.25. The average Bonchev–Trinajstić information content (AvgIpc) is 2.30. The second kappa shape index (κ2) is 4.85. The van der Waals surface area contributed by atoms with Crippen molar-refractivity contribution in [1.29, 1.82) is 0 Å². The van der Waals surface area contributed by atoms with Crippen LogP contribution in [0.3, 0.4) is 0 Å². The van der Waals surface area contributed by atoms with E-state index in [1.165, 1.54) is 0 Å². The zero-order valence-electron chi connectivity index (χ0n) is 8.90. The Bertz CT molecular complexity index is 387. The van der Waals surface area contributed by atoms with E-state index in [1.54, 1.807) is 6.07 Å². The molecule has 86 valence electrons. The Hall–Kier alpha value is -1.06. The molecule has 1 aromatic rings. The standard InChI is InChI=1S/C12H14ClNO2/c13-12-7-10(2-1-9(12)8-15)14-5-3-11(16)4-6-14/h1-2,7-8,11,16H,3-6H2. The lowest BCUT2D eigenvalue weighted by Gasteiger charge is -2.31. The molecule has 0 amide bonds. The third-order valence-electron chi connectivity index (χ3n) is 2.94. The Morgan fingerprint density at radius 1 is 1.38 bits per heavy atom. The average molecular weight is 240 g/mol. The van der Waals surface area contributed by atoms with Gasteiger partial charge in [0.15, 0.2) is 6.29 Å². The van der Waals surface area contributed by atoms with Crippen LogP contribution in [0, 0.1) is 0 Å². The van der Waals surface area contributed by atoms with Gasteiger partial charge in [-0.05, 0) is 31.0 Å². The Labute approximate surface area is 99.6 Å². The van der Waals surface area contributed by atoms with Gasteiger partial charge in [-0.25, -0.2) is 0 Å². The zero-order valence-corrected chi connectivity index (χ0v) is 9.65. The van der Waals surface area contributed by atoms with Crippen LogP contribution in [-0.2, 0) is 0 Å². The van der Waals surface area contributed by atoms with E-state index in [1.807, 2.05) is 12.1 Å². The van der Waals surface area contributed by atoms with Crippen LogP contribution in [0.5, 0.6) is 0 Å². The Morgan fingerprint density at radius 2 is 2.06 bits per heavy atom. The number of aliphatic hydroxyl groups is 1. The number of halogens is 1. The molecular weight excluding hydrogens is 226 g/mol. The highest BCUT2D eigenvalue weighted by Gasteiger charge is 2.17. The minimum atomic E-state index is -0.180. The van der Waals surface area contributed by atoms with Gasteiger partial charge in [-0.15, -0.1) is 0 Å². The molecule has 0 radical (unpaired) electrons. The maximum atomic E-state index is 10.6. The SMILES string of the molecule is O=Cc1ccc(N2CCC(O)CC2)cc1Cl. The number of anilines is 1. The van der Waals surface area contributed by atoms with Gasteiger partial charge in [0.2, 0.25) is 0 Å². The quantitative estimate of drug-likeness (QED) is 0.804. The maximum Gasteiger partial charge on any atom is 0.151 e. The molecular formula is C12H14ClNO2. The van der Waals surface area contributed by atoms with Crippen LogP contribution in [0.4, 0.5) is 5.69 Å². The summed E-state index contributed by atoms with van der Waals surface area (Å²) < 4.78 is 0. The van der Waals surface area contributed by atoms with Crippen LogP contribution in [-0.4, -0.2) is 30.6 Å². The van der Waals surface area contributed by atoms with Crippen molar-refractivity contribution in [3.63, 3.8) is 0 Å². The molecule has 1 N–H and O–H groups in total. The van der Waals surface area contributed by atoms with E-state index in [0.717, 1.165) is 37.9 Å². The molecule has 1 saturated heterocycles. The molecule has 3 nitrogen and oxygen atoms in total. The summed E-state index contributed by atoms with van der Waals surface area (Å²) in [5, 5.41) is 9.90. The Balaban J connectivity index is 2.15. The first-order valence-electron chi connectivity index (χ1n) is 5.38. The molecule has 1 aromatic carbocycles. The summed E-state index contributed by atoms with van der Waals surface area (Å²) in [7, 11) is 0. The van der Waals surface area contributed by atoms with E-state index in [4.69, 9.17) is 11.6 Å². The first kappa shape index (κ1) is 11.4. The van der Waals surface area contributed by atoms with Crippen molar-refractivity contribution in [1.82, 2.24) is 0 Å². The molecule has 1 aliphatic heterocycles. The van der Waals surface area contributed by atoms with E-state index in [-0.39, 0.29) is 6.10 Å². The Kier molecular flexibility index (Phi) is 3.46. The first-order valence-corrected chi connectivity index (χ1v) is 5.76. The molecule has 2 rings (SSSR count). The summed E-state index contributed by atoms with van der Waals surface area (Å²) in [4.78, 5) is 12.8. The summed E-state index contributed by atoms with van der Waals surface area (Å²) >= 11 is 5.97. The molecule has 0 saturated carbocycles. The number of carbonyl (C=O) groups excluding carboxylic acids is 1. The number of benzene rings is 1. The van der Waals surface area contributed by atoms with Crippen molar-refractivity contribution >= 4 is 23.6 Å². The van der Waals surface area contributed by atoms with E-state index >= 15 is 0 Å². The second-order valence-electron chi connectivity index (χ2n) is 4.04. The van der Waals surface area contributed by atoms with Crippen LogP contribution >= 0.6 is 11.6 Å². The fourth-order valence-corrected chi connectivity index (χ4v) is 2.15. The van der Waals surface area contributed by atoms with Crippen LogP contribution < -0.4 is 4.90 Å². The van der Waals surface area contributed by atoms with E-state index in [2.05, 4.69) is 4.90 Å². The predicted octanol–water partition coefficient (Wildman–Crippen LogP) is 2.11. The summed E-state index contributed by atoms with van der Waals surface area (Å²) in [5.41, 5.74) is 1.53. The summed E-state index contributed by atoms with van der Waals surface area (Å²) in [6, 6.07) is 5.44. The third kappa shape index (κ3) is 2.36. The number of rotatable bonds is 2. The van der Waals surface area contributed by atoms with E-state index < -0.39 is 0 Å². The van der Waals surface area contributed by atoms with Gasteiger partial charge in [-0.2, -0.15) is 0 Å². The molecule has 0 atom stereocenters. The van der Waals surface area contributed by atoms with E-state index in [9.17, 15) is 9.90 Å². The molecule has 0 spiro atoms. The lowest BCUT2D eigenvalue weighted by atomic mass is 10.1. The molecule has 0 aliphatic carbocycles. The number of aliphatic hydroxyl groups excluding tert-OH is 1. The normalized spacial score (nSPS) is 17.5. The van der Waals surface area contributed by atoms with Crippen molar-refractivity contribution < 1.29 is 9.90 Å². The van der Waals surface area contributed by atoms with Gasteiger partial charge in [-0.1, -0.05) is 11.6 Å². The van der Waals surface area contributed by atoms with Crippen molar-refractivity contribution in [3.8, 4) is 0 Å². The Morgan fingerprint density at radius 3 is 2.62 bits per heavy atom. The highest BCUT2D eigenvalue weighted by molar-refractivity contribution is 6.33. The third-order valence-corrected chi connectivity index (χ3v) is 3.27. The molecule has 0 unspecified atom stereocenters. The van der Waals surface area contributed by atoms with Crippen LogP contribution in [0.2, 0.25) is 5.02 Å². The van der Waals surface area contributed by atoms with Gasteiger partial charge >= 0.3 is 0 Å². The number of piperidine rings is 1. The van der Waals surface area contributed by atoms with Gasteiger partial charge < -0.3 is 10.0 Å². The van der Waals surface area contributed by atoms with Crippen molar-refractivity contribution in [3.05, 3.63) is 28.8 Å². The van der Waals surface area contributed by atoms with Crippen molar-refractivity contribution in [2.75, 3.05) is 18.0 Å². The molecule has 1 heterocycles. The number of carbonyl (C=O) groups is 1. The number of hydrogen-bond acceptors (Lipinski definition) is 3. The molecule has 1 fully saturated rings. The first-order chi connectivity index (χ1) is 7.70. The molecule has 0 bridgehead atoms. The van der Waals surface area contributed by atoms with Gasteiger partial charge in [0, 0.05) is 24.3 Å². The lowest BCUT2D eigenvalue weighted by molar-refractivity contribution is 0.112. The topological polar surface area (TPSA) is 40.5 Å². The summed E-state index contributed by atoms with van der Waals surface area (Å²) in [6.07, 6.45) is 2.15. The minimum absolute atomic E-state index is 0.180. The molecule has 16 heavy (non-hydrogen) atoms. The highest BCUT2D eigenvalue weighted by atomic mass is 35.5. The van der Waals surface area contributed by atoms with Gasteiger partial charge in [0.05, 0.1) is 11.1 Å². The van der Waals surface area contributed by atoms with Crippen LogP contribution in [0.1, 0.15) is 23.2 Å². The number of aldehydes is 1. The van der Waals surface area contributed by atoms with Crippen LogP contribution in [0.15, 0.2) is 18.2 Å². The van der Waals surface area contributed by atoms with Crippen molar-refractivity contribution in [2.45, 2.75) is 18.9 Å². The summed E-state index contributed by atoms with van der Waals surface area (Å²) in [6.45, 7) is 1.66. The number of nitrogens with zero attached hydrogens (tertiary/aromatic N) is 1. The predicted molar refractivity (Wildman–Crippen MR) is 64.3 cm³/mol. The smallest absolute Gasteiger partial charge is 0.151 e. The number of hydrogen-bond donors (Lipinski definition) is 1. The van der Waals surface area contributed by atoms with Crippen LogP contribution in [0.25, 0.3) is 0 Å². The second-order valence-corrected chi connectivity index (χ2v) is 4.45. The monoisotopic (exact) mass is 239 g/mol. The fourth-order valence-electron chi connectivity index (χ4n) is 1.93. The molecule has 0 aromatic heterocycles.